The number of amides is 1. The van der Waals surface area contributed by atoms with Crippen molar-refractivity contribution in [1.29, 1.82) is 5.26 Å². The van der Waals surface area contributed by atoms with Crippen LogP contribution in [0.25, 0.3) is 0 Å². The lowest BCUT2D eigenvalue weighted by atomic mass is 10.2. The van der Waals surface area contributed by atoms with Crippen molar-refractivity contribution in [1.82, 2.24) is 10.2 Å². The zero-order valence-electron chi connectivity index (χ0n) is 13.6. The van der Waals surface area contributed by atoms with Gasteiger partial charge in [0.25, 0.3) is 11.6 Å². The largest absolute Gasteiger partial charge is 0.388 e. The molecule has 1 aliphatic heterocycles. The summed E-state index contributed by atoms with van der Waals surface area (Å²) in [5.74, 6) is -0.574. The van der Waals surface area contributed by atoms with Crippen LogP contribution in [0.1, 0.15) is 0 Å². The molecule has 9 nitrogen and oxygen atoms in total. The number of nitrogens with one attached hydrogen (secondary N) is 2. The van der Waals surface area contributed by atoms with E-state index in [4.69, 9.17) is 10.00 Å². The first kappa shape index (κ1) is 18.4. The van der Waals surface area contributed by atoms with Crippen LogP contribution in [-0.2, 0) is 9.53 Å². The van der Waals surface area contributed by atoms with Gasteiger partial charge in [-0.1, -0.05) is 0 Å². The minimum atomic E-state index is -0.574. The van der Waals surface area contributed by atoms with Crippen LogP contribution < -0.4 is 10.6 Å². The Morgan fingerprint density at radius 2 is 2.04 bits per heavy atom. The Morgan fingerprint density at radius 3 is 2.64 bits per heavy atom. The summed E-state index contributed by atoms with van der Waals surface area (Å²) in [5.41, 5.74) is 0.240. The Bertz CT molecular complexity index is 675. The van der Waals surface area contributed by atoms with E-state index in [0.29, 0.717) is 12.2 Å². The van der Waals surface area contributed by atoms with Crippen molar-refractivity contribution in [2.75, 3.05) is 44.7 Å². The monoisotopic (exact) mass is 345 g/mol. The second-order valence-electron chi connectivity index (χ2n) is 5.34. The minimum Gasteiger partial charge on any atom is -0.388 e. The Balaban J connectivity index is 1.82. The molecule has 0 bridgehead atoms. The molecular formula is C16H19N5O4. The van der Waals surface area contributed by atoms with Gasteiger partial charge in [0.05, 0.1) is 18.1 Å². The van der Waals surface area contributed by atoms with Crippen LogP contribution in [-0.4, -0.2) is 55.1 Å². The average molecular weight is 345 g/mol. The summed E-state index contributed by atoms with van der Waals surface area (Å²) in [4.78, 5) is 24.4. The van der Waals surface area contributed by atoms with Crippen molar-refractivity contribution in [2.24, 2.45) is 0 Å². The molecule has 1 aromatic rings. The highest BCUT2D eigenvalue weighted by Crippen LogP contribution is 2.15. The van der Waals surface area contributed by atoms with E-state index >= 15 is 0 Å². The maximum Gasteiger partial charge on any atom is 0.269 e. The number of hydrogen-bond acceptors (Lipinski definition) is 7. The van der Waals surface area contributed by atoms with Crippen molar-refractivity contribution >= 4 is 17.3 Å². The normalized spacial score (nSPS) is 15.2. The maximum absolute atomic E-state index is 12.1. The van der Waals surface area contributed by atoms with Gasteiger partial charge in [0.1, 0.15) is 11.6 Å². The third-order valence-electron chi connectivity index (χ3n) is 3.62. The van der Waals surface area contributed by atoms with E-state index in [9.17, 15) is 14.9 Å². The standard InChI is InChI=1S/C16H19N5O4/c17-11-13(12-18-5-6-20-7-9-25-10-8-20)16(22)19-14-1-3-15(4-2-14)21(23)24/h1-4,12,18H,5-10H2,(H,19,22)/b13-12-. The third kappa shape index (κ3) is 5.87. The summed E-state index contributed by atoms with van der Waals surface area (Å²) in [6.45, 7) is 4.58. The van der Waals surface area contributed by atoms with E-state index in [1.807, 2.05) is 6.07 Å². The molecule has 1 heterocycles. The number of benzene rings is 1. The SMILES string of the molecule is N#C/C(=C/NCCN1CCOCC1)C(=O)Nc1ccc([N+](=O)[O-])cc1. The van der Waals surface area contributed by atoms with Gasteiger partial charge in [-0.2, -0.15) is 5.26 Å². The Labute approximate surface area is 145 Å². The first-order valence-electron chi connectivity index (χ1n) is 7.79. The topological polar surface area (TPSA) is 121 Å². The van der Waals surface area contributed by atoms with E-state index in [1.54, 1.807) is 0 Å². The number of hydrogen-bond donors (Lipinski definition) is 2. The average Bonchev–Trinajstić information content (AvgIpc) is 2.63. The molecular weight excluding hydrogens is 326 g/mol. The zero-order valence-corrected chi connectivity index (χ0v) is 13.6. The lowest BCUT2D eigenvalue weighted by molar-refractivity contribution is -0.384. The van der Waals surface area contributed by atoms with Gasteiger partial charge in [-0.3, -0.25) is 19.8 Å². The molecule has 25 heavy (non-hydrogen) atoms. The molecule has 0 unspecified atom stereocenters. The van der Waals surface area contributed by atoms with Gasteiger partial charge >= 0.3 is 0 Å². The van der Waals surface area contributed by atoms with E-state index in [2.05, 4.69) is 15.5 Å². The van der Waals surface area contributed by atoms with E-state index < -0.39 is 10.8 Å². The second kappa shape index (κ2) is 9.36. The highest BCUT2D eigenvalue weighted by Gasteiger charge is 2.12. The lowest BCUT2D eigenvalue weighted by Crippen LogP contribution is -2.39. The molecule has 0 atom stereocenters. The number of nitrogens with zero attached hydrogens (tertiary/aromatic N) is 3. The van der Waals surface area contributed by atoms with Crippen LogP contribution >= 0.6 is 0 Å². The molecule has 1 aliphatic rings. The molecule has 0 spiro atoms. The lowest BCUT2D eigenvalue weighted by Gasteiger charge is -2.26. The first-order chi connectivity index (χ1) is 12.1. The first-order valence-corrected chi connectivity index (χ1v) is 7.79. The Morgan fingerprint density at radius 1 is 1.36 bits per heavy atom. The number of non-ortho nitro benzene ring substituents is 1. The molecule has 0 saturated carbocycles. The molecule has 1 saturated heterocycles. The number of nitro benzene ring substituents is 1. The molecule has 9 heteroatoms. The molecule has 2 rings (SSSR count). The van der Waals surface area contributed by atoms with Crippen LogP contribution in [0, 0.1) is 21.4 Å². The van der Waals surface area contributed by atoms with Crippen molar-refractivity contribution in [3.05, 3.63) is 46.2 Å². The predicted octanol–water partition coefficient (Wildman–Crippen LogP) is 0.863. The molecule has 2 N–H and O–H groups in total. The van der Waals surface area contributed by atoms with Crippen molar-refractivity contribution < 1.29 is 14.5 Å². The van der Waals surface area contributed by atoms with Crippen LogP contribution in [0.2, 0.25) is 0 Å². The number of carbonyl (C=O) groups excluding carboxylic acids is 1. The van der Waals surface area contributed by atoms with Gasteiger partial charge in [-0.15, -0.1) is 0 Å². The number of rotatable bonds is 7. The summed E-state index contributed by atoms with van der Waals surface area (Å²) in [6, 6.07) is 7.23. The van der Waals surface area contributed by atoms with Crippen molar-refractivity contribution in [3.63, 3.8) is 0 Å². The van der Waals surface area contributed by atoms with Crippen LogP contribution in [0.4, 0.5) is 11.4 Å². The number of morpholine rings is 1. The Kier molecular flexibility index (Phi) is 6.88. The smallest absolute Gasteiger partial charge is 0.269 e. The molecule has 132 valence electrons. The van der Waals surface area contributed by atoms with Crippen LogP contribution in [0.3, 0.4) is 0 Å². The third-order valence-corrected chi connectivity index (χ3v) is 3.62. The number of nitro groups is 1. The van der Waals surface area contributed by atoms with Crippen molar-refractivity contribution in [2.45, 2.75) is 0 Å². The molecule has 0 radical (unpaired) electrons. The highest BCUT2D eigenvalue weighted by molar-refractivity contribution is 6.06. The highest BCUT2D eigenvalue weighted by atomic mass is 16.6. The molecule has 0 aliphatic carbocycles. The predicted molar refractivity (Wildman–Crippen MR) is 90.7 cm³/mol. The van der Waals surface area contributed by atoms with Gasteiger partial charge in [0.2, 0.25) is 0 Å². The molecule has 0 aromatic heterocycles. The van der Waals surface area contributed by atoms with E-state index in [1.165, 1.54) is 30.5 Å². The summed E-state index contributed by atoms with van der Waals surface area (Å²) in [6.07, 6.45) is 1.38. The summed E-state index contributed by atoms with van der Waals surface area (Å²) in [7, 11) is 0. The number of nitriles is 1. The zero-order chi connectivity index (χ0) is 18.1. The fraction of sp³-hybridized carbons (Fsp3) is 0.375. The Hall–Kier alpha value is -2.96. The van der Waals surface area contributed by atoms with Crippen LogP contribution in [0.5, 0.6) is 0 Å². The molecule has 1 amide bonds. The van der Waals surface area contributed by atoms with Gasteiger partial charge < -0.3 is 15.4 Å². The van der Waals surface area contributed by atoms with Gasteiger partial charge in [-0.25, -0.2) is 0 Å². The molecule has 1 fully saturated rings. The molecule has 1 aromatic carbocycles. The number of ether oxygens (including phenoxy) is 1. The number of carbonyl (C=O) groups is 1. The van der Waals surface area contributed by atoms with Gasteiger partial charge in [0, 0.05) is 50.2 Å². The second-order valence-corrected chi connectivity index (χ2v) is 5.34. The summed E-state index contributed by atoms with van der Waals surface area (Å²) < 4.78 is 5.26. The van der Waals surface area contributed by atoms with Gasteiger partial charge in [0.15, 0.2) is 0 Å². The van der Waals surface area contributed by atoms with Gasteiger partial charge in [-0.05, 0) is 12.1 Å². The quantitative estimate of drug-likeness (QED) is 0.247. The maximum atomic E-state index is 12.1. The minimum absolute atomic E-state index is 0.0691. The number of anilines is 1. The van der Waals surface area contributed by atoms with E-state index in [-0.39, 0.29) is 11.3 Å². The fourth-order valence-corrected chi connectivity index (χ4v) is 2.24. The van der Waals surface area contributed by atoms with E-state index in [0.717, 1.165) is 32.8 Å². The summed E-state index contributed by atoms with van der Waals surface area (Å²) >= 11 is 0. The van der Waals surface area contributed by atoms with Crippen LogP contribution in [0.15, 0.2) is 36.0 Å². The van der Waals surface area contributed by atoms with Crippen molar-refractivity contribution in [3.8, 4) is 6.07 Å². The summed E-state index contributed by atoms with van der Waals surface area (Å²) in [5, 5.41) is 25.2. The fourth-order valence-electron chi connectivity index (χ4n) is 2.24.